The Hall–Kier alpha value is -1.06. The number of hydrogen-bond acceptors (Lipinski definition) is 3. The van der Waals surface area contributed by atoms with Crippen molar-refractivity contribution >= 4 is 0 Å². The van der Waals surface area contributed by atoms with Gasteiger partial charge in [0, 0.05) is 11.6 Å². The Morgan fingerprint density at radius 2 is 2.11 bits per heavy atom. The average molecular weight is 249 g/mol. The molecule has 2 rings (SSSR count). The summed E-state index contributed by atoms with van der Waals surface area (Å²) < 4.78 is 5.49. The van der Waals surface area contributed by atoms with Gasteiger partial charge in [-0.05, 0) is 51.8 Å². The van der Waals surface area contributed by atoms with Crippen molar-refractivity contribution in [1.29, 1.82) is 0 Å². The van der Waals surface area contributed by atoms with E-state index in [-0.39, 0.29) is 6.04 Å². The van der Waals surface area contributed by atoms with Crippen LogP contribution < -0.4 is 10.1 Å². The van der Waals surface area contributed by atoms with Crippen LogP contribution >= 0.6 is 0 Å². The second kappa shape index (κ2) is 4.90. The molecule has 0 bridgehead atoms. The monoisotopic (exact) mass is 249 g/mol. The van der Waals surface area contributed by atoms with Crippen molar-refractivity contribution < 1.29 is 9.84 Å². The van der Waals surface area contributed by atoms with Gasteiger partial charge in [0.2, 0.25) is 0 Å². The Labute approximate surface area is 109 Å². The second-order valence-corrected chi connectivity index (χ2v) is 5.46. The topological polar surface area (TPSA) is 41.5 Å². The Kier molecular flexibility index (Phi) is 3.64. The third-order valence-corrected chi connectivity index (χ3v) is 3.91. The van der Waals surface area contributed by atoms with Gasteiger partial charge in [-0.15, -0.1) is 0 Å². The van der Waals surface area contributed by atoms with Crippen LogP contribution in [-0.4, -0.2) is 24.8 Å². The molecule has 0 amide bonds. The first kappa shape index (κ1) is 13.4. The first-order valence-electron chi connectivity index (χ1n) is 6.58. The minimum absolute atomic E-state index is 0.104. The summed E-state index contributed by atoms with van der Waals surface area (Å²) in [5.41, 5.74) is 2.23. The highest BCUT2D eigenvalue weighted by atomic mass is 16.5. The zero-order valence-electron chi connectivity index (χ0n) is 11.7. The molecule has 1 aromatic carbocycles. The molecule has 1 fully saturated rings. The molecule has 3 nitrogen and oxygen atoms in total. The first-order valence-corrected chi connectivity index (χ1v) is 6.58. The van der Waals surface area contributed by atoms with Crippen LogP contribution in [-0.2, 0) is 5.60 Å². The number of ether oxygens (including phenoxy) is 1. The van der Waals surface area contributed by atoms with Crippen LogP contribution in [0.4, 0.5) is 0 Å². The molecular weight excluding hydrogens is 226 g/mol. The number of hydrogen-bond donors (Lipinski definition) is 2. The van der Waals surface area contributed by atoms with Gasteiger partial charge in [0.25, 0.3) is 0 Å². The third-order valence-electron chi connectivity index (χ3n) is 3.91. The molecule has 1 aliphatic rings. The highest BCUT2D eigenvalue weighted by Crippen LogP contribution is 2.37. The van der Waals surface area contributed by atoms with E-state index in [1.165, 1.54) is 0 Å². The van der Waals surface area contributed by atoms with E-state index in [0.717, 1.165) is 41.8 Å². The van der Waals surface area contributed by atoms with Crippen LogP contribution in [0.1, 0.15) is 36.5 Å². The fourth-order valence-corrected chi connectivity index (χ4v) is 2.95. The van der Waals surface area contributed by atoms with Crippen molar-refractivity contribution in [3.05, 3.63) is 28.8 Å². The van der Waals surface area contributed by atoms with Gasteiger partial charge in [-0.1, -0.05) is 11.6 Å². The fraction of sp³-hybridized carbons (Fsp3) is 0.600. The standard InChI is InChI=1S/C15H23NO2/c1-10-8-11(2)14(18-4)12(9-10)15(3,17)13-6-5-7-16-13/h8-9,13,16-17H,5-7H2,1-4H3. The Bertz CT molecular complexity index is 434. The molecule has 1 heterocycles. The maximum Gasteiger partial charge on any atom is 0.127 e. The summed E-state index contributed by atoms with van der Waals surface area (Å²) in [5.74, 6) is 0.805. The van der Waals surface area contributed by atoms with Gasteiger partial charge in [-0.25, -0.2) is 0 Å². The Balaban J connectivity index is 2.48. The van der Waals surface area contributed by atoms with Gasteiger partial charge in [0.05, 0.1) is 7.11 Å². The quantitative estimate of drug-likeness (QED) is 0.863. The molecule has 0 aliphatic carbocycles. The van der Waals surface area contributed by atoms with Crippen molar-refractivity contribution in [2.75, 3.05) is 13.7 Å². The molecule has 2 N–H and O–H groups in total. The smallest absolute Gasteiger partial charge is 0.127 e. The van der Waals surface area contributed by atoms with E-state index in [2.05, 4.69) is 11.4 Å². The molecule has 0 radical (unpaired) electrons. The van der Waals surface area contributed by atoms with Crippen LogP contribution in [0.2, 0.25) is 0 Å². The fourth-order valence-electron chi connectivity index (χ4n) is 2.95. The molecule has 0 spiro atoms. The molecule has 0 saturated carbocycles. The average Bonchev–Trinajstić information content (AvgIpc) is 2.82. The molecule has 3 heteroatoms. The van der Waals surface area contributed by atoms with E-state index in [0.29, 0.717) is 0 Å². The maximum atomic E-state index is 10.9. The normalized spacial score (nSPS) is 22.8. The van der Waals surface area contributed by atoms with Crippen LogP contribution in [0.3, 0.4) is 0 Å². The van der Waals surface area contributed by atoms with Gasteiger partial charge in [0.1, 0.15) is 11.4 Å². The summed E-state index contributed by atoms with van der Waals surface area (Å²) in [4.78, 5) is 0. The minimum atomic E-state index is -0.890. The van der Waals surface area contributed by atoms with Crippen molar-refractivity contribution in [3.8, 4) is 5.75 Å². The number of aryl methyl sites for hydroxylation is 2. The molecule has 2 unspecified atom stereocenters. The number of aliphatic hydroxyl groups is 1. The summed E-state index contributed by atoms with van der Waals surface area (Å²) in [6.07, 6.45) is 2.12. The summed E-state index contributed by atoms with van der Waals surface area (Å²) in [5, 5.41) is 14.3. The van der Waals surface area contributed by atoms with Crippen LogP contribution in [0, 0.1) is 13.8 Å². The third kappa shape index (κ3) is 2.25. The Morgan fingerprint density at radius 1 is 1.39 bits per heavy atom. The second-order valence-electron chi connectivity index (χ2n) is 5.46. The molecule has 1 saturated heterocycles. The zero-order valence-corrected chi connectivity index (χ0v) is 11.7. The molecular formula is C15H23NO2. The van der Waals surface area contributed by atoms with Crippen LogP contribution in [0.5, 0.6) is 5.75 Å². The minimum Gasteiger partial charge on any atom is -0.496 e. The number of methoxy groups -OCH3 is 1. The lowest BCUT2D eigenvalue weighted by Crippen LogP contribution is -2.43. The molecule has 0 aromatic heterocycles. The van der Waals surface area contributed by atoms with Crippen molar-refractivity contribution in [3.63, 3.8) is 0 Å². The molecule has 100 valence electrons. The van der Waals surface area contributed by atoms with Crippen LogP contribution in [0.15, 0.2) is 12.1 Å². The largest absolute Gasteiger partial charge is 0.496 e. The van der Waals surface area contributed by atoms with Gasteiger partial charge in [0.15, 0.2) is 0 Å². The summed E-state index contributed by atoms with van der Waals surface area (Å²) in [6, 6.07) is 4.22. The maximum absolute atomic E-state index is 10.9. The Morgan fingerprint density at radius 3 is 2.67 bits per heavy atom. The van der Waals surface area contributed by atoms with E-state index >= 15 is 0 Å². The predicted octanol–water partition coefficient (Wildman–Crippen LogP) is 2.27. The highest BCUT2D eigenvalue weighted by Gasteiger charge is 2.38. The lowest BCUT2D eigenvalue weighted by Gasteiger charge is -2.32. The molecule has 1 aromatic rings. The van der Waals surface area contributed by atoms with Crippen molar-refractivity contribution in [2.45, 2.75) is 45.3 Å². The summed E-state index contributed by atoms with van der Waals surface area (Å²) in [6.45, 7) is 6.93. The molecule has 2 atom stereocenters. The van der Waals surface area contributed by atoms with E-state index in [9.17, 15) is 5.11 Å². The van der Waals surface area contributed by atoms with Gasteiger partial charge in [-0.3, -0.25) is 0 Å². The lowest BCUT2D eigenvalue weighted by molar-refractivity contribution is 0.0195. The molecule has 18 heavy (non-hydrogen) atoms. The predicted molar refractivity (Wildman–Crippen MR) is 73.1 cm³/mol. The highest BCUT2D eigenvalue weighted by molar-refractivity contribution is 5.47. The van der Waals surface area contributed by atoms with Gasteiger partial charge in [-0.2, -0.15) is 0 Å². The number of nitrogens with one attached hydrogen (secondary N) is 1. The summed E-state index contributed by atoms with van der Waals surface area (Å²) >= 11 is 0. The van der Waals surface area contributed by atoms with E-state index in [1.807, 2.05) is 26.8 Å². The van der Waals surface area contributed by atoms with E-state index in [4.69, 9.17) is 4.74 Å². The lowest BCUT2D eigenvalue weighted by atomic mass is 9.85. The summed E-state index contributed by atoms with van der Waals surface area (Å²) in [7, 11) is 1.67. The SMILES string of the molecule is COc1c(C)cc(C)cc1C(C)(O)C1CCCN1. The number of rotatable bonds is 3. The van der Waals surface area contributed by atoms with Crippen LogP contribution in [0.25, 0.3) is 0 Å². The van der Waals surface area contributed by atoms with E-state index < -0.39 is 5.60 Å². The van der Waals surface area contributed by atoms with Crippen molar-refractivity contribution in [1.82, 2.24) is 5.32 Å². The van der Waals surface area contributed by atoms with Gasteiger partial charge >= 0.3 is 0 Å². The van der Waals surface area contributed by atoms with Gasteiger partial charge < -0.3 is 15.2 Å². The molecule has 1 aliphatic heterocycles. The van der Waals surface area contributed by atoms with Crippen molar-refractivity contribution in [2.24, 2.45) is 0 Å². The zero-order chi connectivity index (χ0) is 13.3. The first-order chi connectivity index (χ1) is 8.46. The number of benzene rings is 1. The van der Waals surface area contributed by atoms with E-state index in [1.54, 1.807) is 7.11 Å².